The van der Waals surface area contributed by atoms with Gasteiger partial charge in [-0.3, -0.25) is 4.79 Å². The summed E-state index contributed by atoms with van der Waals surface area (Å²) in [6.45, 7) is 4.66. The summed E-state index contributed by atoms with van der Waals surface area (Å²) in [6.07, 6.45) is 1.84. The Morgan fingerprint density at radius 3 is 2.50 bits per heavy atom. The van der Waals surface area contributed by atoms with Crippen LogP contribution in [0.25, 0.3) is 16.8 Å². The fraction of sp³-hybridized carbons (Fsp3) is 0.133. The second-order valence-electron chi connectivity index (χ2n) is 8.39. The molecule has 0 N–H and O–H groups in total. The standard InChI is InChI=1S/C30H25BrN2O3/c1-3-35-28-18-21(16-26-20(2)32-33(30(26)34)24-13-5-4-6-14-24)17-27(31)29(28)36-19-23-12-9-11-22-10-7-8-15-25(22)23/h4-18H,3,19H2,1-2H3/b26-16+. The molecular weight excluding hydrogens is 516 g/mol. The summed E-state index contributed by atoms with van der Waals surface area (Å²) in [6, 6.07) is 27.7. The molecule has 5 rings (SSSR count). The zero-order valence-corrected chi connectivity index (χ0v) is 21.7. The molecule has 0 atom stereocenters. The quantitative estimate of drug-likeness (QED) is 0.229. The molecule has 0 saturated heterocycles. The zero-order valence-electron chi connectivity index (χ0n) is 20.1. The first-order chi connectivity index (χ1) is 17.5. The van der Waals surface area contributed by atoms with Gasteiger partial charge in [0.05, 0.1) is 28.1 Å². The lowest BCUT2D eigenvalue weighted by atomic mass is 10.1. The average Bonchev–Trinajstić information content (AvgIpc) is 3.17. The second-order valence-corrected chi connectivity index (χ2v) is 9.24. The summed E-state index contributed by atoms with van der Waals surface area (Å²) in [5.41, 5.74) is 3.85. The third kappa shape index (κ3) is 4.77. The van der Waals surface area contributed by atoms with Crippen LogP contribution >= 0.6 is 15.9 Å². The molecule has 0 radical (unpaired) electrons. The SMILES string of the molecule is CCOc1cc(/C=C2/C(=O)N(c3ccccc3)N=C2C)cc(Br)c1OCc1cccc2ccccc12. The molecule has 1 heterocycles. The highest BCUT2D eigenvalue weighted by molar-refractivity contribution is 9.10. The summed E-state index contributed by atoms with van der Waals surface area (Å²) in [5.74, 6) is 1.07. The first kappa shape index (κ1) is 23.8. The van der Waals surface area contributed by atoms with E-state index in [1.54, 1.807) is 0 Å². The van der Waals surface area contributed by atoms with E-state index in [1.165, 1.54) is 10.4 Å². The van der Waals surface area contributed by atoms with Crippen molar-refractivity contribution in [3.8, 4) is 11.5 Å². The van der Waals surface area contributed by atoms with Crippen LogP contribution in [0.4, 0.5) is 5.69 Å². The van der Waals surface area contributed by atoms with Crippen molar-refractivity contribution in [1.82, 2.24) is 0 Å². The Bertz CT molecular complexity index is 1490. The number of anilines is 1. The van der Waals surface area contributed by atoms with Gasteiger partial charge in [0.25, 0.3) is 5.91 Å². The third-order valence-corrected chi connectivity index (χ3v) is 6.55. The van der Waals surface area contributed by atoms with Crippen molar-refractivity contribution in [2.75, 3.05) is 11.6 Å². The van der Waals surface area contributed by atoms with Crippen LogP contribution in [0.5, 0.6) is 11.5 Å². The first-order valence-corrected chi connectivity index (χ1v) is 12.6. The molecular formula is C30H25BrN2O3. The molecule has 0 fully saturated rings. The van der Waals surface area contributed by atoms with E-state index >= 15 is 0 Å². The van der Waals surface area contributed by atoms with Crippen LogP contribution < -0.4 is 14.5 Å². The van der Waals surface area contributed by atoms with Crippen LogP contribution in [0.15, 0.2) is 100 Å². The van der Waals surface area contributed by atoms with E-state index in [0.717, 1.165) is 26.7 Å². The lowest BCUT2D eigenvalue weighted by Crippen LogP contribution is -2.21. The van der Waals surface area contributed by atoms with E-state index in [9.17, 15) is 4.79 Å². The predicted octanol–water partition coefficient (Wildman–Crippen LogP) is 7.39. The predicted molar refractivity (Wildman–Crippen MR) is 149 cm³/mol. The Kier molecular flexibility index (Phi) is 6.87. The van der Waals surface area contributed by atoms with Crippen molar-refractivity contribution in [2.45, 2.75) is 20.5 Å². The fourth-order valence-corrected chi connectivity index (χ4v) is 4.81. The van der Waals surface area contributed by atoms with Gasteiger partial charge in [-0.1, -0.05) is 60.7 Å². The van der Waals surface area contributed by atoms with Crippen molar-refractivity contribution < 1.29 is 14.3 Å². The second kappa shape index (κ2) is 10.4. The van der Waals surface area contributed by atoms with Crippen molar-refractivity contribution >= 4 is 50.1 Å². The van der Waals surface area contributed by atoms with Gasteiger partial charge in [0, 0.05) is 0 Å². The summed E-state index contributed by atoms with van der Waals surface area (Å²) in [7, 11) is 0. The number of ether oxygens (including phenoxy) is 2. The third-order valence-electron chi connectivity index (χ3n) is 5.96. The summed E-state index contributed by atoms with van der Waals surface area (Å²) >= 11 is 3.66. The number of nitrogens with zero attached hydrogens (tertiary/aromatic N) is 2. The summed E-state index contributed by atoms with van der Waals surface area (Å²) in [5, 5.41) is 8.23. The number of rotatable bonds is 7. The number of hydrogen-bond acceptors (Lipinski definition) is 4. The number of halogens is 1. The van der Waals surface area contributed by atoms with Crippen LogP contribution in [-0.4, -0.2) is 18.2 Å². The van der Waals surface area contributed by atoms with Gasteiger partial charge in [-0.05, 0) is 82.0 Å². The van der Waals surface area contributed by atoms with Crippen LogP contribution in [-0.2, 0) is 11.4 Å². The van der Waals surface area contributed by atoms with E-state index in [4.69, 9.17) is 9.47 Å². The number of para-hydroxylation sites is 1. The van der Waals surface area contributed by atoms with Gasteiger partial charge in [0.15, 0.2) is 11.5 Å². The number of carbonyl (C=O) groups excluding carboxylic acids is 1. The van der Waals surface area contributed by atoms with E-state index in [1.807, 2.05) is 80.6 Å². The highest BCUT2D eigenvalue weighted by atomic mass is 79.9. The monoisotopic (exact) mass is 540 g/mol. The van der Waals surface area contributed by atoms with Gasteiger partial charge in [-0.15, -0.1) is 0 Å². The Hall–Kier alpha value is -3.90. The van der Waals surface area contributed by atoms with Crippen molar-refractivity contribution in [3.05, 3.63) is 106 Å². The van der Waals surface area contributed by atoms with Crippen LogP contribution in [0.3, 0.4) is 0 Å². The van der Waals surface area contributed by atoms with E-state index < -0.39 is 0 Å². The molecule has 0 aromatic heterocycles. The minimum atomic E-state index is -0.163. The van der Waals surface area contributed by atoms with Gasteiger partial charge in [0.1, 0.15) is 6.61 Å². The molecule has 36 heavy (non-hydrogen) atoms. The molecule has 0 saturated carbocycles. The van der Waals surface area contributed by atoms with Crippen LogP contribution in [0, 0.1) is 0 Å². The fourth-order valence-electron chi connectivity index (χ4n) is 4.24. The number of hydrazone groups is 1. The molecule has 4 aromatic carbocycles. The van der Waals surface area contributed by atoms with E-state index in [-0.39, 0.29) is 5.91 Å². The molecule has 0 unspecified atom stereocenters. The molecule has 180 valence electrons. The number of amides is 1. The summed E-state index contributed by atoms with van der Waals surface area (Å²) < 4.78 is 12.9. The van der Waals surface area contributed by atoms with Crippen molar-refractivity contribution in [1.29, 1.82) is 0 Å². The Balaban J connectivity index is 1.43. The Morgan fingerprint density at radius 2 is 1.69 bits per heavy atom. The lowest BCUT2D eigenvalue weighted by molar-refractivity contribution is -0.114. The van der Waals surface area contributed by atoms with E-state index in [0.29, 0.717) is 36.0 Å². The molecule has 6 heteroatoms. The van der Waals surface area contributed by atoms with Gasteiger partial charge in [-0.25, -0.2) is 0 Å². The highest BCUT2D eigenvalue weighted by Crippen LogP contribution is 2.39. The molecule has 4 aromatic rings. The summed E-state index contributed by atoms with van der Waals surface area (Å²) in [4.78, 5) is 13.1. The van der Waals surface area contributed by atoms with Gasteiger partial charge >= 0.3 is 0 Å². The minimum Gasteiger partial charge on any atom is -0.490 e. The lowest BCUT2D eigenvalue weighted by Gasteiger charge is -2.16. The number of hydrogen-bond donors (Lipinski definition) is 0. The van der Waals surface area contributed by atoms with Crippen LogP contribution in [0.2, 0.25) is 0 Å². The minimum absolute atomic E-state index is 0.163. The largest absolute Gasteiger partial charge is 0.490 e. The maximum atomic E-state index is 13.1. The van der Waals surface area contributed by atoms with Gasteiger partial charge in [0.2, 0.25) is 0 Å². The van der Waals surface area contributed by atoms with Crippen LogP contribution in [0.1, 0.15) is 25.0 Å². The highest BCUT2D eigenvalue weighted by Gasteiger charge is 2.28. The molecule has 1 aliphatic heterocycles. The topological polar surface area (TPSA) is 51.1 Å². The number of benzene rings is 4. The number of fused-ring (bicyclic) bond motifs is 1. The normalized spacial score (nSPS) is 14.4. The maximum Gasteiger partial charge on any atom is 0.280 e. The average molecular weight is 541 g/mol. The van der Waals surface area contributed by atoms with Crippen molar-refractivity contribution in [3.63, 3.8) is 0 Å². The first-order valence-electron chi connectivity index (χ1n) is 11.8. The smallest absolute Gasteiger partial charge is 0.280 e. The zero-order chi connectivity index (χ0) is 25.1. The molecule has 1 aliphatic rings. The molecule has 5 nitrogen and oxygen atoms in total. The molecule has 0 aliphatic carbocycles. The Labute approximate surface area is 218 Å². The van der Waals surface area contributed by atoms with Gasteiger partial charge < -0.3 is 9.47 Å². The van der Waals surface area contributed by atoms with E-state index in [2.05, 4.69) is 45.3 Å². The Morgan fingerprint density at radius 1 is 0.944 bits per heavy atom. The number of carbonyl (C=O) groups is 1. The maximum absolute atomic E-state index is 13.1. The van der Waals surface area contributed by atoms with Crippen molar-refractivity contribution in [2.24, 2.45) is 5.10 Å². The van der Waals surface area contributed by atoms with Gasteiger partial charge in [-0.2, -0.15) is 10.1 Å². The molecule has 0 spiro atoms. The molecule has 0 bridgehead atoms. The molecule has 1 amide bonds.